The van der Waals surface area contributed by atoms with Crippen LogP contribution < -0.4 is 0 Å². The third-order valence-electron chi connectivity index (χ3n) is 16.4. The predicted molar refractivity (Wildman–Crippen MR) is 435 cm³/mol. The smallest absolute Gasteiger partial charge is 0.463 e. The maximum atomic E-state index is 13.0. The zero-order valence-electron chi connectivity index (χ0n) is 65.3. The van der Waals surface area contributed by atoms with E-state index in [-0.39, 0.29) is 19.3 Å². The second-order valence-corrected chi connectivity index (χ2v) is 29.4. The molecule has 4 N–H and O–H groups in total. The molecule has 0 spiro atoms. The Balaban J connectivity index is 4.64. The highest BCUT2D eigenvalue weighted by Crippen LogP contribution is 2.45. The van der Waals surface area contributed by atoms with Crippen molar-refractivity contribution in [2.45, 2.75) is 322 Å². The standard InChI is InChI=1S/C87H144O16P2/c1-4-7-10-13-16-19-22-25-28-31-34-36-37-38-39-40-41-42-43-45-48-49-52-55-58-61-64-67-70-73-85(90)97-76-82(88)77-99-104(93,94)100-78-83(89)79-101-105(95,96)102-81-84(103-87(92)75-72-69-66-63-60-57-54-51-46-33-30-27-24-21-18-15-12-9-6-3)80-98-86(91)74-71-68-65-62-59-56-53-50-47-44-35-32-29-26-23-20-17-14-11-8-5-2/h7-8,10-11,16-21,25-30,34-36,38-39,41-42,44,46,50-51,53,82-84,88-89H,4-6,9,12-15,22-24,31-33,37,40,43,45,47-49,52,54-81H2,1-3H3,(H,93,94)(H,95,96)/b10-7-,11-8-,19-16-,20-17-,21-18-,28-25-,29-26-,30-27-,36-34-,39-38-,42-41-,44-35-,51-46-,53-50-. The van der Waals surface area contributed by atoms with Crippen molar-refractivity contribution in [1.29, 1.82) is 0 Å². The molecule has 5 unspecified atom stereocenters. The fourth-order valence-corrected chi connectivity index (χ4v) is 11.9. The molecule has 18 heteroatoms. The molecule has 0 bridgehead atoms. The highest BCUT2D eigenvalue weighted by Gasteiger charge is 2.29. The van der Waals surface area contributed by atoms with Crippen LogP contribution in [0.25, 0.3) is 0 Å². The summed E-state index contributed by atoms with van der Waals surface area (Å²) >= 11 is 0. The first kappa shape index (κ1) is 99.9. The Bertz CT molecular complexity index is 2590. The van der Waals surface area contributed by atoms with Gasteiger partial charge in [-0.3, -0.25) is 32.5 Å². The molecule has 0 aliphatic carbocycles. The van der Waals surface area contributed by atoms with Gasteiger partial charge in [0.1, 0.15) is 25.4 Å². The number of phosphoric acid groups is 2. The lowest BCUT2D eigenvalue weighted by molar-refractivity contribution is -0.161. The van der Waals surface area contributed by atoms with E-state index in [0.717, 1.165) is 193 Å². The van der Waals surface area contributed by atoms with E-state index < -0.39 is 91.5 Å². The number of allylic oxidation sites excluding steroid dienone is 28. The molecule has 0 amide bonds. The average molecular weight is 1510 g/mol. The Labute approximate surface area is 637 Å². The number of hydrogen-bond donors (Lipinski definition) is 4. The van der Waals surface area contributed by atoms with Gasteiger partial charge in [-0.2, -0.15) is 0 Å². The Kier molecular flexibility index (Phi) is 74.7. The molecule has 0 rings (SSSR count). The van der Waals surface area contributed by atoms with Crippen molar-refractivity contribution in [3.8, 4) is 0 Å². The average Bonchev–Trinajstić information content (AvgIpc) is 0.911. The van der Waals surface area contributed by atoms with Gasteiger partial charge in [0, 0.05) is 19.3 Å². The normalized spacial score (nSPS) is 14.8. The Morgan fingerprint density at radius 3 is 0.800 bits per heavy atom. The molecule has 0 saturated carbocycles. The van der Waals surface area contributed by atoms with Crippen LogP contribution in [0.5, 0.6) is 0 Å². The van der Waals surface area contributed by atoms with E-state index in [0.29, 0.717) is 19.3 Å². The van der Waals surface area contributed by atoms with Crippen LogP contribution in [0.1, 0.15) is 303 Å². The number of ether oxygens (including phenoxy) is 3. The molecule has 598 valence electrons. The van der Waals surface area contributed by atoms with Crippen molar-refractivity contribution in [3.63, 3.8) is 0 Å². The zero-order chi connectivity index (χ0) is 76.6. The van der Waals surface area contributed by atoms with Gasteiger partial charge in [0.25, 0.3) is 0 Å². The first-order chi connectivity index (χ1) is 51.2. The van der Waals surface area contributed by atoms with Crippen molar-refractivity contribution in [1.82, 2.24) is 0 Å². The van der Waals surface area contributed by atoms with Gasteiger partial charge in [-0.25, -0.2) is 9.13 Å². The highest BCUT2D eigenvalue weighted by atomic mass is 31.2. The van der Waals surface area contributed by atoms with Crippen molar-refractivity contribution in [2.75, 3.05) is 39.6 Å². The molecule has 16 nitrogen and oxygen atoms in total. The summed E-state index contributed by atoms with van der Waals surface area (Å²) in [6, 6.07) is 0. The van der Waals surface area contributed by atoms with Crippen molar-refractivity contribution < 1.29 is 75.8 Å². The van der Waals surface area contributed by atoms with Gasteiger partial charge in [-0.15, -0.1) is 0 Å². The van der Waals surface area contributed by atoms with E-state index in [1.165, 1.54) is 51.4 Å². The lowest BCUT2D eigenvalue weighted by Crippen LogP contribution is -2.30. The molecule has 0 fully saturated rings. The first-order valence-electron chi connectivity index (χ1n) is 40.4. The van der Waals surface area contributed by atoms with Gasteiger partial charge in [0.05, 0.1) is 26.4 Å². The van der Waals surface area contributed by atoms with E-state index >= 15 is 0 Å². The van der Waals surface area contributed by atoms with Gasteiger partial charge in [0.2, 0.25) is 0 Å². The number of carbonyl (C=O) groups excluding carboxylic acids is 3. The minimum atomic E-state index is -4.95. The molecule has 0 aromatic carbocycles. The second kappa shape index (κ2) is 78.5. The number of aliphatic hydroxyl groups is 2. The largest absolute Gasteiger partial charge is 0.472 e. The third kappa shape index (κ3) is 79.8. The van der Waals surface area contributed by atoms with Gasteiger partial charge in [-0.05, 0) is 154 Å². The predicted octanol–water partition coefficient (Wildman–Crippen LogP) is 24.0. The van der Waals surface area contributed by atoms with E-state index in [2.05, 4.69) is 191 Å². The second-order valence-electron chi connectivity index (χ2n) is 26.5. The van der Waals surface area contributed by atoms with Gasteiger partial charge < -0.3 is 34.2 Å². The number of hydrogen-bond acceptors (Lipinski definition) is 14. The summed E-state index contributed by atoms with van der Waals surface area (Å²) < 4.78 is 61.2. The molecule has 0 aliphatic rings. The van der Waals surface area contributed by atoms with Gasteiger partial charge in [-0.1, -0.05) is 300 Å². The summed E-state index contributed by atoms with van der Waals surface area (Å²) in [6.07, 6.45) is 99.6. The summed E-state index contributed by atoms with van der Waals surface area (Å²) in [7, 11) is -9.82. The van der Waals surface area contributed by atoms with E-state index in [1.807, 2.05) is 0 Å². The van der Waals surface area contributed by atoms with Crippen molar-refractivity contribution in [2.24, 2.45) is 0 Å². The molecule has 5 atom stereocenters. The molecule has 0 aromatic rings. The Hall–Kier alpha value is -5.09. The lowest BCUT2D eigenvalue weighted by Gasteiger charge is -2.21. The maximum Gasteiger partial charge on any atom is 0.472 e. The summed E-state index contributed by atoms with van der Waals surface area (Å²) in [6.45, 7) is 2.38. The summed E-state index contributed by atoms with van der Waals surface area (Å²) in [4.78, 5) is 58.7. The van der Waals surface area contributed by atoms with E-state index in [4.69, 9.17) is 32.3 Å². The number of aliphatic hydroxyl groups excluding tert-OH is 2. The van der Waals surface area contributed by atoms with Crippen LogP contribution in [0, 0.1) is 0 Å². The monoisotopic (exact) mass is 1510 g/mol. The van der Waals surface area contributed by atoms with E-state index in [9.17, 15) is 43.5 Å². The topological polar surface area (TPSA) is 231 Å². The van der Waals surface area contributed by atoms with Gasteiger partial charge >= 0.3 is 33.6 Å². The highest BCUT2D eigenvalue weighted by molar-refractivity contribution is 7.47. The maximum absolute atomic E-state index is 13.0. The van der Waals surface area contributed by atoms with E-state index in [1.54, 1.807) is 0 Å². The van der Waals surface area contributed by atoms with Crippen molar-refractivity contribution >= 4 is 33.6 Å². The minimum absolute atomic E-state index is 0.0799. The van der Waals surface area contributed by atoms with Gasteiger partial charge in [0.15, 0.2) is 6.10 Å². The molecular weight excluding hydrogens is 1360 g/mol. The number of carbonyl (C=O) groups is 3. The fraction of sp³-hybridized carbons (Fsp3) is 0.644. The fourth-order valence-electron chi connectivity index (χ4n) is 10.3. The lowest BCUT2D eigenvalue weighted by atomic mass is 10.1. The quantitative estimate of drug-likeness (QED) is 0.0146. The number of phosphoric ester groups is 2. The Morgan fingerprint density at radius 1 is 0.276 bits per heavy atom. The van der Waals surface area contributed by atoms with Crippen LogP contribution >= 0.6 is 15.6 Å². The minimum Gasteiger partial charge on any atom is -0.463 e. The van der Waals surface area contributed by atoms with Crippen LogP contribution in [0.4, 0.5) is 0 Å². The molecule has 0 aromatic heterocycles. The van der Waals surface area contributed by atoms with Crippen molar-refractivity contribution in [3.05, 3.63) is 170 Å². The molecule has 0 heterocycles. The molecule has 105 heavy (non-hydrogen) atoms. The summed E-state index contributed by atoms with van der Waals surface area (Å²) in [5.41, 5.74) is 0. The van der Waals surface area contributed by atoms with Crippen LogP contribution in [0.15, 0.2) is 170 Å². The molecule has 0 saturated heterocycles. The molecular formula is C87H144O16P2. The van der Waals surface area contributed by atoms with Crippen LogP contribution in [0.2, 0.25) is 0 Å². The zero-order valence-corrected chi connectivity index (χ0v) is 67.1. The van der Waals surface area contributed by atoms with Crippen LogP contribution in [0.3, 0.4) is 0 Å². The number of rotatable bonds is 75. The third-order valence-corrected chi connectivity index (χ3v) is 18.3. The molecule has 0 aliphatic heterocycles. The SMILES string of the molecule is CC/C=C\C/C=C\C/C=C\C/C=C\C/C=C\C/C=C\CCCCCCCCCCCCC(=O)OCC(O)COP(=O)(O)OCC(O)COP(=O)(O)OCC(COC(=O)CCCCCCC/C=C\C/C=C\C/C=C\C/C=C\C/C=C\CC)OC(=O)CCCCCCCC/C=C\C/C=C\C/C=C\CCCCC. The first-order valence-corrected chi connectivity index (χ1v) is 43.4. The summed E-state index contributed by atoms with van der Waals surface area (Å²) in [5.74, 6) is -1.62. The summed E-state index contributed by atoms with van der Waals surface area (Å²) in [5, 5.41) is 20.7. The van der Waals surface area contributed by atoms with Crippen LogP contribution in [-0.2, 0) is 55.8 Å². The van der Waals surface area contributed by atoms with Crippen LogP contribution in [-0.4, -0.2) is 95.9 Å². The number of esters is 3. The Morgan fingerprint density at radius 2 is 0.505 bits per heavy atom. The molecule has 0 radical (unpaired) electrons. The number of unbranched alkanes of at least 4 members (excludes halogenated alkanes) is 24.